The standard InChI is InChI=1S/C28H40N2O/c1-6-7-11-22-14-16-23(17-15-22)28(31)26(2,3)25(27(28,4)5)30-20-18-29(19-21-30)24-12-9-8-10-13-24/h8-10,12-17,25,31H,6-7,11,18-21H2,1-5H3/t25-,28+. The first-order chi connectivity index (χ1) is 14.7. The van der Waals surface area contributed by atoms with Crippen LogP contribution in [-0.2, 0) is 12.0 Å². The zero-order valence-corrected chi connectivity index (χ0v) is 20.1. The molecule has 31 heavy (non-hydrogen) atoms. The van der Waals surface area contributed by atoms with Gasteiger partial charge in [-0.3, -0.25) is 4.90 Å². The van der Waals surface area contributed by atoms with Crippen molar-refractivity contribution in [3.8, 4) is 0 Å². The van der Waals surface area contributed by atoms with E-state index in [0.29, 0.717) is 6.04 Å². The molecule has 0 aromatic heterocycles. The maximum atomic E-state index is 12.1. The third kappa shape index (κ3) is 3.50. The highest BCUT2D eigenvalue weighted by Gasteiger charge is 2.73. The van der Waals surface area contributed by atoms with Crippen molar-refractivity contribution in [3.63, 3.8) is 0 Å². The Bertz CT molecular complexity index is 848. The highest BCUT2D eigenvalue weighted by molar-refractivity contribution is 5.46. The Balaban J connectivity index is 1.50. The van der Waals surface area contributed by atoms with E-state index in [-0.39, 0.29) is 10.8 Å². The molecule has 2 aliphatic rings. The number of rotatable bonds is 6. The minimum absolute atomic E-state index is 0.212. The summed E-state index contributed by atoms with van der Waals surface area (Å²) in [6, 6.07) is 19.9. The molecule has 3 heteroatoms. The second-order valence-corrected chi connectivity index (χ2v) is 10.7. The lowest BCUT2D eigenvalue weighted by Crippen LogP contribution is -2.79. The summed E-state index contributed by atoms with van der Waals surface area (Å²) in [7, 11) is 0. The summed E-state index contributed by atoms with van der Waals surface area (Å²) in [6.07, 6.45) is 3.55. The highest BCUT2D eigenvalue weighted by Crippen LogP contribution is 2.68. The molecule has 168 valence electrons. The Labute approximate surface area is 189 Å². The van der Waals surface area contributed by atoms with Crippen LogP contribution < -0.4 is 4.90 Å². The molecular weight excluding hydrogens is 380 g/mol. The normalized spacial score (nSPS) is 27.7. The quantitative estimate of drug-likeness (QED) is 0.671. The zero-order chi connectivity index (χ0) is 22.3. The minimum Gasteiger partial charge on any atom is -0.384 e. The van der Waals surface area contributed by atoms with Gasteiger partial charge in [0.15, 0.2) is 0 Å². The van der Waals surface area contributed by atoms with Crippen LogP contribution in [0, 0.1) is 10.8 Å². The summed E-state index contributed by atoms with van der Waals surface area (Å²) in [5.41, 5.74) is 2.51. The van der Waals surface area contributed by atoms with Crippen LogP contribution in [0.25, 0.3) is 0 Å². The summed E-state index contributed by atoms with van der Waals surface area (Å²) >= 11 is 0. The van der Waals surface area contributed by atoms with E-state index in [1.165, 1.54) is 24.1 Å². The molecule has 3 nitrogen and oxygen atoms in total. The van der Waals surface area contributed by atoms with Gasteiger partial charge in [-0.2, -0.15) is 0 Å². The van der Waals surface area contributed by atoms with Gasteiger partial charge < -0.3 is 10.0 Å². The molecule has 0 radical (unpaired) electrons. The third-order valence-electron chi connectivity index (χ3n) is 8.22. The molecule has 4 rings (SSSR count). The average molecular weight is 421 g/mol. The number of aliphatic hydroxyl groups is 1. The van der Waals surface area contributed by atoms with Gasteiger partial charge in [-0.25, -0.2) is 0 Å². The summed E-state index contributed by atoms with van der Waals surface area (Å²) in [4.78, 5) is 5.11. The molecule has 1 saturated carbocycles. The number of aryl methyl sites for hydroxylation is 1. The van der Waals surface area contributed by atoms with Crippen LogP contribution in [0.15, 0.2) is 54.6 Å². The molecule has 2 fully saturated rings. The van der Waals surface area contributed by atoms with Gasteiger partial charge in [0.05, 0.1) is 0 Å². The highest BCUT2D eigenvalue weighted by atomic mass is 16.3. The minimum atomic E-state index is -0.829. The molecule has 2 aromatic rings. The van der Waals surface area contributed by atoms with E-state index in [2.05, 4.69) is 99.0 Å². The zero-order valence-electron chi connectivity index (χ0n) is 20.1. The van der Waals surface area contributed by atoms with Crippen molar-refractivity contribution in [3.05, 3.63) is 65.7 Å². The van der Waals surface area contributed by atoms with E-state index in [1.807, 2.05) is 0 Å². The molecule has 0 spiro atoms. The third-order valence-corrected chi connectivity index (χ3v) is 8.22. The molecule has 1 N–H and O–H groups in total. The maximum absolute atomic E-state index is 12.1. The van der Waals surface area contributed by atoms with Gasteiger partial charge in [0, 0.05) is 48.7 Å². The van der Waals surface area contributed by atoms with Crippen molar-refractivity contribution >= 4 is 5.69 Å². The molecule has 0 amide bonds. The predicted octanol–water partition coefficient (Wildman–Crippen LogP) is 5.47. The smallest absolute Gasteiger partial charge is 0.103 e. The number of benzene rings is 2. The number of unbranched alkanes of at least 4 members (excludes halogenated alkanes) is 1. The number of hydrogen-bond acceptors (Lipinski definition) is 3. The Hall–Kier alpha value is -1.84. The SMILES string of the molecule is CCCCc1ccc([C@]2(O)C(C)(C)[C@@H](N3CCN(c4ccccc4)CC3)C2(C)C)cc1. The van der Waals surface area contributed by atoms with Crippen LogP contribution in [0.3, 0.4) is 0 Å². The second kappa shape index (κ2) is 8.26. The van der Waals surface area contributed by atoms with Gasteiger partial charge >= 0.3 is 0 Å². The molecule has 0 bridgehead atoms. The maximum Gasteiger partial charge on any atom is 0.103 e. The van der Waals surface area contributed by atoms with Crippen molar-refractivity contribution in [1.29, 1.82) is 0 Å². The number of para-hydroxylation sites is 1. The largest absolute Gasteiger partial charge is 0.384 e. The number of piperazine rings is 1. The fraction of sp³-hybridized carbons (Fsp3) is 0.571. The molecule has 1 saturated heterocycles. The molecule has 1 aliphatic heterocycles. The Morgan fingerprint density at radius 2 is 1.42 bits per heavy atom. The van der Waals surface area contributed by atoms with Crippen LogP contribution in [-0.4, -0.2) is 42.2 Å². The van der Waals surface area contributed by atoms with E-state index < -0.39 is 5.60 Å². The van der Waals surface area contributed by atoms with Crippen LogP contribution >= 0.6 is 0 Å². The lowest BCUT2D eigenvalue weighted by atomic mass is 9.39. The lowest BCUT2D eigenvalue weighted by molar-refractivity contribution is -0.307. The fourth-order valence-electron chi connectivity index (χ4n) is 6.88. The predicted molar refractivity (Wildman–Crippen MR) is 131 cm³/mol. The first-order valence-electron chi connectivity index (χ1n) is 12.1. The molecule has 0 atom stereocenters. The Morgan fingerprint density at radius 1 is 0.839 bits per heavy atom. The summed E-state index contributed by atoms with van der Waals surface area (Å²) in [6.45, 7) is 15.4. The second-order valence-electron chi connectivity index (χ2n) is 10.7. The van der Waals surface area contributed by atoms with E-state index in [9.17, 15) is 5.11 Å². The average Bonchev–Trinajstić information content (AvgIpc) is 2.78. The molecular formula is C28H40N2O. The monoisotopic (exact) mass is 420 g/mol. The van der Waals surface area contributed by atoms with Crippen LogP contribution in [0.5, 0.6) is 0 Å². The number of anilines is 1. The van der Waals surface area contributed by atoms with E-state index in [0.717, 1.165) is 38.2 Å². The Morgan fingerprint density at radius 3 is 1.97 bits per heavy atom. The van der Waals surface area contributed by atoms with Gasteiger partial charge in [0.25, 0.3) is 0 Å². The number of nitrogens with zero attached hydrogens (tertiary/aromatic N) is 2. The molecule has 1 aliphatic carbocycles. The van der Waals surface area contributed by atoms with Crippen LogP contribution in [0.1, 0.15) is 58.6 Å². The lowest BCUT2D eigenvalue weighted by Gasteiger charge is -2.72. The molecule has 2 aromatic carbocycles. The van der Waals surface area contributed by atoms with Gasteiger partial charge in [-0.05, 0) is 36.1 Å². The van der Waals surface area contributed by atoms with E-state index in [4.69, 9.17) is 0 Å². The number of hydrogen-bond donors (Lipinski definition) is 1. The topological polar surface area (TPSA) is 26.7 Å². The molecule has 0 unspecified atom stereocenters. The van der Waals surface area contributed by atoms with Crippen molar-refractivity contribution in [2.45, 2.75) is 65.5 Å². The van der Waals surface area contributed by atoms with E-state index >= 15 is 0 Å². The van der Waals surface area contributed by atoms with Gasteiger partial charge in [0.1, 0.15) is 5.60 Å². The summed E-state index contributed by atoms with van der Waals surface area (Å²) in [5.74, 6) is 0. The first-order valence-corrected chi connectivity index (χ1v) is 12.1. The van der Waals surface area contributed by atoms with Gasteiger partial charge in [-0.15, -0.1) is 0 Å². The first kappa shape index (κ1) is 22.4. The van der Waals surface area contributed by atoms with Crippen LogP contribution in [0.4, 0.5) is 5.69 Å². The van der Waals surface area contributed by atoms with Gasteiger partial charge in [-0.1, -0.05) is 83.5 Å². The van der Waals surface area contributed by atoms with Crippen molar-refractivity contribution in [2.24, 2.45) is 10.8 Å². The van der Waals surface area contributed by atoms with E-state index in [1.54, 1.807) is 0 Å². The van der Waals surface area contributed by atoms with Crippen molar-refractivity contribution in [1.82, 2.24) is 4.90 Å². The fourth-order valence-corrected chi connectivity index (χ4v) is 6.88. The van der Waals surface area contributed by atoms with Gasteiger partial charge in [0.2, 0.25) is 0 Å². The molecule has 1 heterocycles. The van der Waals surface area contributed by atoms with Crippen molar-refractivity contribution < 1.29 is 5.11 Å². The van der Waals surface area contributed by atoms with Crippen molar-refractivity contribution in [2.75, 3.05) is 31.1 Å². The summed E-state index contributed by atoms with van der Waals surface area (Å²) < 4.78 is 0. The Kier molecular flexibility index (Phi) is 5.95. The van der Waals surface area contributed by atoms with Crippen LogP contribution in [0.2, 0.25) is 0 Å². The summed E-state index contributed by atoms with van der Waals surface area (Å²) in [5, 5.41) is 12.1.